The zero-order valence-corrected chi connectivity index (χ0v) is 14.3. The van der Waals surface area contributed by atoms with Crippen LogP contribution in [0.2, 0.25) is 0 Å². The number of urea groups is 1. The predicted molar refractivity (Wildman–Crippen MR) is 93.4 cm³/mol. The molecule has 0 radical (unpaired) electrons. The molecule has 26 heavy (non-hydrogen) atoms. The molecule has 7 heteroatoms. The van der Waals surface area contributed by atoms with Crippen LogP contribution >= 0.6 is 0 Å². The van der Waals surface area contributed by atoms with Crippen LogP contribution in [-0.4, -0.2) is 41.4 Å². The van der Waals surface area contributed by atoms with Gasteiger partial charge in [0.2, 0.25) is 5.91 Å². The molecule has 2 aromatic rings. The lowest BCUT2D eigenvalue weighted by molar-refractivity contribution is -0.131. The molecule has 1 atom stereocenters. The summed E-state index contributed by atoms with van der Waals surface area (Å²) in [4.78, 5) is 27.9. The maximum absolute atomic E-state index is 13.3. The number of likely N-dealkylation sites (N-methyl/N-ethyl adjacent to an activating group) is 1. The third kappa shape index (κ3) is 3.82. The lowest BCUT2D eigenvalue weighted by Crippen LogP contribution is -2.44. The van der Waals surface area contributed by atoms with Crippen molar-refractivity contribution in [3.63, 3.8) is 0 Å². The molecule has 0 saturated carbocycles. The summed E-state index contributed by atoms with van der Waals surface area (Å²) in [6, 6.07) is 11.6. The lowest BCUT2D eigenvalue weighted by Gasteiger charge is -2.24. The van der Waals surface area contributed by atoms with E-state index in [2.05, 4.69) is 5.32 Å². The molecular formula is C19H19F2N3O2. The van der Waals surface area contributed by atoms with Crippen LogP contribution in [0.1, 0.15) is 12.0 Å². The Balaban J connectivity index is 1.62. The van der Waals surface area contributed by atoms with Crippen LogP contribution < -0.4 is 5.32 Å². The topological polar surface area (TPSA) is 52.7 Å². The van der Waals surface area contributed by atoms with Gasteiger partial charge in [0.1, 0.15) is 6.04 Å². The van der Waals surface area contributed by atoms with Gasteiger partial charge in [0, 0.05) is 31.9 Å². The van der Waals surface area contributed by atoms with Crippen LogP contribution in [0.3, 0.4) is 0 Å². The number of nitrogens with zero attached hydrogens (tertiary/aromatic N) is 2. The first-order valence-corrected chi connectivity index (χ1v) is 8.27. The molecule has 1 saturated heterocycles. The Morgan fingerprint density at radius 3 is 2.62 bits per heavy atom. The summed E-state index contributed by atoms with van der Waals surface area (Å²) in [5, 5.41) is 2.48. The Labute approximate surface area is 150 Å². The number of nitrogens with one attached hydrogen (secondary N) is 1. The summed E-state index contributed by atoms with van der Waals surface area (Å²) in [5.41, 5.74) is 1.16. The second-order valence-electron chi connectivity index (χ2n) is 6.22. The van der Waals surface area contributed by atoms with Crippen LogP contribution in [-0.2, 0) is 11.3 Å². The molecule has 1 aliphatic heterocycles. The summed E-state index contributed by atoms with van der Waals surface area (Å²) in [5.74, 6) is -2.16. The van der Waals surface area contributed by atoms with Crippen LogP contribution in [0, 0.1) is 11.6 Å². The van der Waals surface area contributed by atoms with Crippen molar-refractivity contribution in [3.8, 4) is 0 Å². The Kier molecular flexibility index (Phi) is 5.16. The normalized spacial score (nSPS) is 16.7. The first kappa shape index (κ1) is 17.8. The lowest BCUT2D eigenvalue weighted by atomic mass is 10.2. The summed E-state index contributed by atoms with van der Waals surface area (Å²) in [6.07, 6.45) is 0.521. The molecule has 2 aromatic carbocycles. The summed E-state index contributed by atoms with van der Waals surface area (Å²) in [7, 11) is 1.52. The Morgan fingerprint density at radius 2 is 1.92 bits per heavy atom. The third-order valence-corrected chi connectivity index (χ3v) is 4.44. The van der Waals surface area contributed by atoms with Crippen molar-refractivity contribution in [2.75, 3.05) is 18.9 Å². The summed E-state index contributed by atoms with van der Waals surface area (Å²) < 4.78 is 26.2. The molecule has 3 rings (SSSR count). The quantitative estimate of drug-likeness (QED) is 0.911. The first-order chi connectivity index (χ1) is 12.5. The molecule has 0 aliphatic carbocycles. The van der Waals surface area contributed by atoms with E-state index in [0.717, 1.165) is 17.7 Å². The van der Waals surface area contributed by atoms with Gasteiger partial charge in [0.05, 0.1) is 0 Å². The fourth-order valence-electron chi connectivity index (χ4n) is 2.97. The number of amides is 3. The van der Waals surface area contributed by atoms with Crippen molar-refractivity contribution in [1.29, 1.82) is 0 Å². The number of anilines is 1. The molecular weight excluding hydrogens is 340 g/mol. The summed E-state index contributed by atoms with van der Waals surface area (Å²) in [6.45, 7) is 1.05. The Bertz CT molecular complexity index is 814. The van der Waals surface area contributed by atoms with Crippen molar-refractivity contribution in [2.45, 2.75) is 19.0 Å². The van der Waals surface area contributed by atoms with Gasteiger partial charge in [-0.3, -0.25) is 4.79 Å². The standard InChI is InChI=1S/C19H19F2N3O2/c1-23(19(26)22-14-7-8-15(20)16(21)11-14)17-9-10-24(18(17)25)12-13-5-3-2-4-6-13/h2-8,11,17H,9-10,12H2,1H3,(H,22,26). The second-order valence-corrected chi connectivity index (χ2v) is 6.22. The molecule has 1 heterocycles. The number of benzene rings is 2. The van der Waals surface area contributed by atoms with Crippen LogP contribution in [0.25, 0.3) is 0 Å². The minimum absolute atomic E-state index is 0.128. The minimum atomic E-state index is -1.04. The van der Waals surface area contributed by atoms with Gasteiger partial charge in [-0.15, -0.1) is 0 Å². The van der Waals surface area contributed by atoms with Gasteiger partial charge in [0.15, 0.2) is 11.6 Å². The zero-order chi connectivity index (χ0) is 18.7. The Morgan fingerprint density at radius 1 is 1.19 bits per heavy atom. The fourth-order valence-corrected chi connectivity index (χ4v) is 2.97. The van der Waals surface area contributed by atoms with Crippen molar-refractivity contribution in [2.24, 2.45) is 0 Å². The van der Waals surface area contributed by atoms with Crippen LogP contribution in [0.15, 0.2) is 48.5 Å². The number of carbonyl (C=O) groups excluding carboxylic acids is 2. The highest BCUT2D eigenvalue weighted by molar-refractivity contribution is 5.94. The van der Waals surface area contributed by atoms with E-state index in [-0.39, 0.29) is 11.6 Å². The molecule has 1 N–H and O–H groups in total. The average molecular weight is 359 g/mol. The molecule has 5 nitrogen and oxygen atoms in total. The minimum Gasteiger partial charge on any atom is -0.336 e. The summed E-state index contributed by atoms with van der Waals surface area (Å²) >= 11 is 0. The molecule has 0 bridgehead atoms. The van der Waals surface area contributed by atoms with E-state index >= 15 is 0 Å². The maximum atomic E-state index is 13.3. The van der Waals surface area contributed by atoms with Crippen LogP contribution in [0.4, 0.5) is 19.3 Å². The van der Waals surface area contributed by atoms with Gasteiger partial charge in [-0.25, -0.2) is 13.6 Å². The number of likely N-dealkylation sites (tertiary alicyclic amines) is 1. The van der Waals surface area contributed by atoms with Gasteiger partial charge >= 0.3 is 6.03 Å². The molecule has 1 fully saturated rings. The van der Waals surface area contributed by atoms with Gasteiger partial charge < -0.3 is 15.1 Å². The molecule has 1 aliphatic rings. The molecule has 136 valence electrons. The van der Waals surface area contributed by atoms with E-state index < -0.39 is 23.7 Å². The molecule has 1 unspecified atom stereocenters. The third-order valence-electron chi connectivity index (χ3n) is 4.44. The number of halogens is 2. The number of rotatable bonds is 4. The van der Waals surface area contributed by atoms with E-state index in [9.17, 15) is 18.4 Å². The first-order valence-electron chi connectivity index (χ1n) is 8.27. The highest BCUT2D eigenvalue weighted by atomic mass is 19.2. The molecule has 3 amide bonds. The van der Waals surface area contributed by atoms with E-state index in [1.165, 1.54) is 18.0 Å². The molecule has 0 spiro atoms. The van der Waals surface area contributed by atoms with Gasteiger partial charge in [-0.2, -0.15) is 0 Å². The SMILES string of the molecule is CN(C(=O)Nc1ccc(F)c(F)c1)C1CCN(Cc2ccccc2)C1=O. The van der Waals surface area contributed by atoms with Gasteiger partial charge in [-0.1, -0.05) is 30.3 Å². The van der Waals surface area contributed by atoms with Crippen molar-refractivity contribution >= 4 is 17.6 Å². The predicted octanol–water partition coefficient (Wildman–Crippen LogP) is 3.23. The highest BCUT2D eigenvalue weighted by Crippen LogP contribution is 2.20. The zero-order valence-electron chi connectivity index (χ0n) is 14.3. The Hall–Kier alpha value is -2.96. The van der Waals surface area contributed by atoms with Crippen molar-refractivity contribution in [3.05, 3.63) is 65.7 Å². The van der Waals surface area contributed by atoms with Crippen LogP contribution in [0.5, 0.6) is 0 Å². The monoisotopic (exact) mass is 359 g/mol. The number of hydrogen-bond donors (Lipinski definition) is 1. The van der Waals surface area contributed by atoms with E-state index in [1.807, 2.05) is 30.3 Å². The fraction of sp³-hybridized carbons (Fsp3) is 0.263. The van der Waals surface area contributed by atoms with Gasteiger partial charge in [0.25, 0.3) is 0 Å². The van der Waals surface area contributed by atoms with E-state index in [0.29, 0.717) is 19.5 Å². The highest BCUT2D eigenvalue weighted by Gasteiger charge is 2.36. The molecule has 0 aromatic heterocycles. The number of carbonyl (C=O) groups is 2. The maximum Gasteiger partial charge on any atom is 0.322 e. The van der Waals surface area contributed by atoms with Gasteiger partial charge in [-0.05, 0) is 24.1 Å². The largest absolute Gasteiger partial charge is 0.336 e. The average Bonchev–Trinajstić information content (AvgIpc) is 2.99. The van der Waals surface area contributed by atoms with Crippen molar-refractivity contribution < 1.29 is 18.4 Å². The van der Waals surface area contributed by atoms with E-state index in [4.69, 9.17) is 0 Å². The smallest absolute Gasteiger partial charge is 0.322 e. The van der Waals surface area contributed by atoms with E-state index in [1.54, 1.807) is 4.90 Å². The van der Waals surface area contributed by atoms with Crippen molar-refractivity contribution in [1.82, 2.24) is 9.80 Å². The number of hydrogen-bond acceptors (Lipinski definition) is 2. The second kappa shape index (κ2) is 7.51.